The fraction of sp³-hybridized carbons (Fsp3) is 0.0909. The van der Waals surface area contributed by atoms with Gasteiger partial charge in [-0.25, -0.2) is 9.48 Å². The highest BCUT2D eigenvalue weighted by molar-refractivity contribution is 7.87. The number of allylic oxidation sites excluding steroid dienone is 1. The summed E-state index contributed by atoms with van der Waals surface area (Å²) in [5.74, 6) is -4.68. The summed E-state index contributed by atoms with van der Waals surface area (Å²) in [5, 5.41) is 15.7. The van der Waals surface area contributed by atoms with Crippen LogP contribution in [0.3, 0.4) is 0 Å². The second kappa shape index (κ2) is 11.7. The SMILES string of the molecule is O=C(O)C1=NN(c2cc(S(=O)(=O)O)ccc2S(=O)(=O)O)C(=O)C1CC=Cc1c[nH]n(-c2cc(S(=O)(=O)O)ccc2S(=O)(=O)O)c1=O. The largest absolute Gasteiger partial charge is 0.477 e. The first-order valence-electron chi connectivity index (χ1n) is 11.8. The van der Waals surface area contributed by atoms with Crippen molar-refractivity contribution in [1.29, 1.82) is 0 Å². The summed E-state index contributed by atoms with van der Waals surface area (Å²) in [7, 11) is -20.1. The molecule has 0 radical (unpaired) electrons. The van der Waals surface area contributed by atoms with Crippen molar-refractivity contribution in [2.45, 2.75) is 26.0 Å². The highest BCUT2D eigenvalue weighted by atomic mass is 32.2. The summed E-state index contributed by atoms with van der Waals surface area (Å²) >= 11 is 0. The summed E-state index contributed by atoms with van der Waals surface area (Å²) < 4.78 is 132. The molecule has 1 aliphatic heterocycles. The van der Waals surface area contributed by atoms with E-state index in [9.17, 15) is 71.4 Å². The molecular weight excluding hydrogens is 705 g/mol. The molecule has 1 amide bonds. The Morgan fingerprint density at radius 2 is 1.30 bits per heavy atom. The number of hydrazone groups is 1. The van der Waals surface area contributed by atoms with Gasteiger partial charge in [0.05, 0.1) is 32.6 Å². The smallest absolute Gasteiger partial charge is 0.352 e. The Morgan fingerprint density at radius 1 is 0.804 bits per heavy atom. The molecule has 2 aromatic carbocycles. The monoisotopic (exact) mass is 722 g/mol. The minimum absolute atomic E-state index is 0.197. The van der Waals surface area contributed by atoms with Crippen LogP contribution < -0.4 is 10.6 Å². The van der Waals surface area contributed by atoms with E-state index in [1.54, 1.807) is 0 Å². The molecule has 24 heteroatoms. The fourth-order valence-electron chi connectivity index (χ4n) is 4.17. The van der Waals surface area contributed by atoms with Crippen LogP contribution >= 0.6 is 0 Å². The maximum Gasteiger partial charge on any atom is 0.352 e. The Kier molecular flexibility index (Phi) is 8.70. The highest BCUT2D eigenvalue weighted by Gasteiger charge is 2.41. The van der Waals surface area contributed by atoms with Crippen molar-refractivity contribution in [1.82, 2.24) is 9.78 Å². The number of hydrogen-bond acceptors (Lipinski definition) is 12. The van der Waals surface area contributed by atoms with E-state index in [-0.39, 0.29) is 10.6 Å². The summed E-state index contributed by atoms with van der Waals surface area (Å²) in [6.45, 7) is 0. The molecule has 0 fully saturated rings. The number of carboxylic acids is 1. The van der Waals surface area contributed by atoms with Gasteiger partial charge in [-0.2, -0.15) is 43.8 Å². The van der Waals surface area contributed by atoms with Crippen LogP contribution in [0.5, 0.6) is 0 Å². The molecule has 4 rings (SSSR count). The van der Waals surface area contributed by atoms with Gasteiger partial charge in [0.2, 0.25) is 0 Å². The number of nitrogens with zero attached hydrogens (tertiary/aromatic N) is 3. The molecule has 0 saturated carbocycles. The number of aromatic amines is 1. The van der Waals surface area contributed by atoms with Gasteiger partial charge in [0.15, 0.2) is 5.71 Å². The highest BCUT2D eigenvalue weighted by Crippen LogP contribution is 2.33. The van der Waals surface area contributed by atoms with Gasteiger partial charge in [0.1, 0.15) is 9.79 Å². The Morgan fingerprint density at radius 3 is 1.78 bits per heavy atom. The minimum Gasteiger partial charge on any atom is -0.477 e. The van der Waals surface area contributed by atoms with Crippen LogP contribution in [0.15, 0.2) is 78.1 Å². The quantitative estimate of drug-likeness (QED) is 0.146. The second-order valence-corrected chi connectivity index (χ2v) is 14.8. The number of rotatable bonds is 10. The number of aliphatic carboxylic acids is 1. The zero-order chi connectivity index (χ0) is 34.6. The molecule has 246 valence electrons. The van der Waals surface area contributed by atoms with E-state index in [0.29, 0.717) is 41.1 Å². The standard InChI is InChI=1S/C22H18N4O16S4/c27-20-11(10-23-25(20)15-8-12(43(31,32)33)4-6-17(15)45(37,38)39)2-1-3-14-19(22(29)30)24-26(21(14)28)16-9-13(44(34,35)36)5-7-18(16)46(40,41)42/h1-2,4-10,14,23H,3H2,(H,29,30)(H,31,32,33)(H,34,35,36)(H,37,38,39)(H,40,41,42). The van der Waals surface area contributed by atoms with Gasteiger partial charge in [-0.3, -0.25) is 32.9 Å². The first-order chi connectivity index (χ1) is 21.0. The number of benzene rings is 2. The van der Waals surface area contributed by atoms with Gasteiger partial charge in [-0.15, -0.1) is 0 Å². The first kappa shape index (κ1) is 34.3. The molecule has 1 atom stereocenters. The molecule has 0 aliphatic carbocycles. The molecule has 0 spiro atoms. The lowest BCUT2D eigenvalue weighted by molar-refractivity contribution is -0.130. The lowest BCUT2D eigenvalue weighted by Gasteiger charge is -2.17. The van der Waals surface area contributed by atoms with Gasteiger partial charge >= 0.3 is 5.97 Å². The molecule has 20 nitrogen and oxygen atoms in total. The van der Waals surface area contributed by atoms with E-state index in [1.165, 1.54) is 0 Å². The van der Waals surface area contributed by atoms with Gasteiger partial charge in [0, 0.05) is 6.20 Å². The maximum atomic E-state index is 13.2. The summed E-state index contributed by atoms with van der Waals surface area (Å²) in [6.07, 6.45) is 2.53. The van der Waals surface area contributed by atoms with Gasteiger partial charge in [0.25, 0.3) is 51.9 Å². The van der Waals surface area contributed by atoms with E-state index in [0.717, 1.165) is 18.3 Å². The molecule has 0 bridgehead atoms. The van der Waals surface area contributed by atoms with E-state index in [2.05, 4.69) is 10.2 Å². The van der Waals surface area contributed by atoms with E-state index >= 15 is 0 Å². The number of anilines is 1. The second-order valence-electron chi connectivity index (χ2n) is 9.16. The number of nitrogens with one attached hydrogen (secondary N) is 1. The van der Waals surface area contributed by atoms with Crippen molar-refractivity contribution >= 4 is 69.8 Å². The van der Waals surface area contributed by atoms with Crippen molar-refractivity contribution < 1.29 is 66.6 Å². The normalized spacial score (nSPS) is 16.3. The average molecular weight is 723 g/mol. The molecule has 1 unspecified atom stereocenters. The van der Waals surface area contributed by atoms with Crippen molar-refractivity contribution in [3.05, 3.63) is 64.6 Å². The summed E-state index contributed by atoms with van der Waals surface area (Å²) in [4.78, 5) is 34.3. The number of carbonyl (C=O) groups excluding carboxylic acids is 1. The number of amides is 1. The number of carbonyl (C=O) groups is 2. The van der Waals surface area contributed by atoms with Crippen LogP contribution in [-0.4, -0.2) is 84.4 Å². The van der Waals surface area contributed by atoms with Crippen LogP contribution in [-0.2, 0) is 50.1 Å². The minimum atomic E-state index is -5.16. The Labute approximate surface area is 257 Å². The fourth-order valence-corrected chi connectivity index (χ4v) is 6.48. The lowest BCUT2D eigenvalue weighted by atomic mass is 9.98. The van der Waals surface area contributed by atoms with Crippen molar-refractivity contribution in [3.8, 4) is 5.69 Å². The average Bonchev–Trinajstić information content (AvgIpc) is 3.45. The molecule has 2 heterocycles. The van der Waals surface area contributed by atoms with Crippen molar-refractivity contribution in [2.24, 2.45) is 11.0 Å². The van der Waals surface area contributed by atoms with Crippen LogP contribution in [0.1, 0.15) is 12.0 Å². The zero-order valence-electron chi connectivity index (χ0n) is 22.2. The first-order valence-corrected chi connectivity index (χ1v) is 17.6. The summed E-state index contributed by atoms with van der Waals surface area (Å²) in [6, 6.07) is 3.41. The molecule has 1 aromatic heterocycles. The predicted molar refractivity (Wildman–Crippen MR) is 152 cm³/mol. The van der Waals surface area contributed by atoms with Crippen LogP contribution in [0, 0.1) is 5.92 Å². The number of carboxylic acid groups (broad SMARTS) is 1. The van der Waals surface area contributed by atoms with Crippen LogP contribution in [0.4, 0.5) is 5.69 Å². The van der Waals surface area contributed by atoms with Crippen molar-refractivity contribution in [3.63, 3.8) is 0 Å². The molecular formula is C22H18N4O16S4. The number of aromatic nitrogens is 2. The van der Waals surface area contributed by atoms with Crippen LogP contribution in [0.25, 0.3) is 11.8 Å². The van der Waals surface area contributed by atoms with Gasteiger partial charge < -0.3 is 5.11 Å². The zero-order valence-corrected chi connectivity index (χ0v) is 25.4. The Balaban J connectivity index is 1.71. The molecule has 0 saturated heterocycles. The number of hydrogen-bond donors (Lipinski definition) is 6. The third-order valence-corrected chi connectivity index (χ3v) is 9.71. The third-order valence-electron chi connectivity index (χ3n) is 6.21. The number of H-pyrrole nitrogens is 1. The van der Waals surface area contributed by atoms with Crippen molar-refractivity contribution in [2.75, 3.05) is 5.01 Å². The van der Waals surface area contributed by atoms with E-state index in [1.807, 2.05) is 0 Å². The Bertz CT molecular complexity index is 2370. The van der Waals surface area contributed by atoms with Crippen LogP contribution in [0.2, 0.25) is 0 Å². The van der Waals surface area contributed by atoms with E-state index in [4.69, 9.17) is 0 Å². The Hall–Kier alpha value is -4.56. The van der Waals surface area contributed by atoms with Gasteiger partial charge in [-0.05, 0) is 42.8 Å². The molecule has 3 aromatic rings. The lowest BCUT2D eigenvalue weighted by Crippen LogP contribution is -2.30. The maximum absolute atomic E-state index is 13.2. The van der Waals surface area contributed by atoms with E-state index < -0.39 is 107 Å². The predicted octanol–water partition coefficient (Wildman–Crippen LogP) is -0.341. The topological polar surface area (TPSA) is 325 Å². The summed E-state index contributed by atoms with van der Waals surface area (Å²) in [5.41, 5.74) is -3.85. The van der Waals surface area contributed by atoms with Gasteiger partial charge in [-0.1, -0.05) is 12.2 Å². The third kappa shape index (κ3) is 6.82. The molecule has 46 heavy (non-hydrogen) atoms. The molecule has 6 N–H and O–H groups in total. The molecule has 1 aliphatic rings.